The molecule has 0 radical (unpaired) electrons. The van der Waals surface area contributed by atoms with E-state index >= 15 is 0 Å². The van der Waals surface area contributed by atoms with Gasteiger partial charge < -0.3 is 14.6 Å². The van der Waals surface area contributed by atoms with E-state index in [1.807, 2.05) is 6.07 Å². The van der Waals surface area contributed by atoms with Crippen LogP contribution in [0, 0.1) is 5.92 Å². The molecule has 2 heterocycles. The highest BCUT2D eigenvalue weighted by atomic mass is 16.5. The van der Waals surface area contributed by atoms with E-state index in [1.165, 1.54) is 29.5 Å². The summed E-state index contributed by atoms with van der Waals surface area (Å²) in [6.07, 6.45) is 7.64. The number of H-pyrrole nitrogens is 1. The van der Waals surface area contributed by atoms with Crippen molar-refractivity contribution < 1.29 is 9.53 Å². The summed E-state index contributed by atoms with van der Waals surface area (Å²) in [7, 11) is 1.70. The molecule has 24 heavy (non-hydrogen) atoms. The van der Waals surface area contributed by atoms with Gasteiger partial charge in [-0.25, -0.2) is 0 Å². The van der Waals surface area contributed by atoms with E-state index in [0.717, 1.165) is 56.5 Å². The average Bonchev–Trinajstić information content (AvgIpc) is 2.79. The number of aromatic amines is 1. The van der Waals surface area contributed by atoms with Gasteiger partial charge in [0.1, 0.15) is 5.75 Å². The number of likely N-dealkylation sites (tertiary alicyclic amines) is 1. The van der Waals surface area contributed by atoms with Crippen LogP contribution in [0.4, 0.5) is 0 Å². The minimum Gasteiger partial charge on any atom is -0.497 e. The molecular formula is C20H26N2O2. The number of fused-ring (bicyclic) bond motifs is 3. The first-order valence-electron chi connectivity index (χ1n) is 9.22. The maximum absolute atomic E-state index is 13.0. The SMILES string of the molecule is COc1ccc2[nH]c3c(c2c1)CC(C(=O)N1CCCCCC1)CC3. The van der Waals surface area contributed by atoms with Gasteiger partial charge in [0.05, 0.1) is 7.11 Å². The van der Waals surface area contributed by atoms with E-state index in [4.69, 9.17) is 4.74 Å². The van der Waals surface area contributed by atoms with Crippen molar-refractivity contribution in [3.63, 3.8) is 0 Å². The van der Waals surface area contributed by atoms with Crippen LogP contribution in [0.1, 0.15) is 43.4 Å². The van der Waals surface area contributed by atoms with Crippen LogP contribution in [0.5, 0.6) is 5.75 Å². The fraction of sp³-hybridized carbons (Fsp3) is 0.550. The first kappa shape index (κ1) is 15.6. The predicted molar refractivity (Wildman–Crippen MR) is 95.4 cm³/mol. The highest BCUT2D eigenvalue weighted by molar-refractivity contribution is 5.88. The monoisotopic (exact) mass is 326 g/mol. The Morgan fingerprint density at radius 2 is 2.00 bits per heavy atom. The summed E-state index contributed by atoms with van der Waals surface area (Å²) in [6.45, 7) is 1.90. The summed E-state index contributed by atoms with van der Waals surface area (Å²) in [6, 6.07) is 6.17. The molecule has 4 rings (SSSR count). The average molecular weight is 326 g/mol. The van der Waals surface area contributed by atoms with Gasteiger partial charge in [0, 0.05) is 35.6 Å². The van der Waals surface area contributed by atoms with Gasteiger partial charge in [-0.15, -0.1) is 0 Å². The second kappa shape index (κ2) is 6.50. The minimum atomic E-state index is 0.140. The van der Waals surface area contributed by atoms with Gasteiger partial charge >= 0.3 is 0 Å². The molecule has 0 saturated carbocycles. The topological polar surface area (TPSA) is 45.3 Å². The summed E-state index contributed by atoms with van der Waals surface area (Å²) >= 11 is 0. The van der Waals surface area contributed by atoms with Crippen LogP contribution in [-0.4, -0.2) is 36.0 Å². The second-order valence-corrected chi connectivity index (χ2v) is 7.17. The Labute approximate surface area is 143 Å². The first-order valence-corrected chi connectivity index (χ1v) is 9.22. The van der Waals surface area contributed by atoms with Crippen molar-refractivity contribution in [1.29, 1.82) is 0 Å². The number of nitrogens with zero attached hydrogens (tertiary/aromatic N) is 1. The zero-order chi connectivity index (χ0) is 16.5. The van der Waals surface area contributed by atoms with Crippen molar-refractivity contribution >= 4 is 16.8 Å². The van der Waals surface area contributed by atoms with Gasteiger partial charge in [0.15, 0.2) is 0 Å². The molecule has 4 heteroatoms. The van der Waals surface area contributed by atoms with Crippen molar-refractivity contribution in [1.82, 2.24) is 9.88 Å². The number of nitrogens with one attached hydrogen (secondary N) is 1. The molecule has 1 aliphatic heterocycles. The van der Waals surface area contributed by atoms with Gasteiger partial charge in [-0.05, 0) is 55.9 Å². The summed E-state index contributed by atoms with van der Waals surface area (Å²) in [5.41, 5.74) is 3.78. The third-order valence-electron chi connectivity index (χ3n) is 5.66. The number of hydrogen-bond donors (Lipinski definition) is 1. The number of aryl methyl sites for hydroxylation is 1. The molecule has 4 nitrogen and oxygen atoms in total. The molecule has 128 valence electrons. The Kier molecular flexibility index (Phi) is 4.21. The third-order valence-corrected chi connectivity index (χ3v) is 5.66. The molecule has 1 aromatic heterocycles. The summed E-state index contributed by atoms with van der Waals surface area (Å²) in [4.78, 5) is 18.6. The minimum absolute atomic E-state index is 0.140. The number of hydrogen-bond acceptors (Lipinski definition) is 2. The molecule has 2 aliphatic rings. The maximum atomic E-state index is 13.0. The molecule has 1 amide bonds. The molecule has 0 bridgehead atoms. The number of methoxy groups -OCH3 is 1. The van der Waals surface area contributed by atoms with Crippen LogP contribution < -0.4 is 4.74 Å². The molecule has 1 unspecified atom stereocenters. The quantitative estimate of drug-likeness (QED) is 0.915. The van der Waals surface area contributed by atoms with Crippen molar-refractivity contribution in [2.24, 2.45) is 5.92 Å². The number of benzene rings is 1. The summed E-state index contributed by atoms with van der Waals surface area (Å²) in [5, 5.41) is 1.22. The molecular weight excluding hydrogens is 300 g/mol. The molecule has 1 fully saturated rings. The van der Waals surface area contributed by atoms with Crippen LogP contribution in [-0.2, 0) is 17.6 Å². The van der Waals surface area contributed by atoms with E-state index in [0.29, 0.717) is 5.91 Å². The molecule has 1 saturated heterocycles. The van der Waals surface area contributed by atoms with Crippen LogP contribution in [0.3, 0.4) is 0 Å². The number of rotatable bonds is 2. The van der Waals surface area contributed by atoms with Crippen LogP contribution in [0.25, 0.3) is 10.9 Å². The molecule has 1 aromatic carbocycles. The van der Waals surface area contributed by atoms with Crippen molar-refractivity contribution in [2.75, 3.05) is 20.2 Å². The lowest BCUT2D eigenvalue weighted by atomic mass is 9.85. The third kappa shape index (κ3) is 2.79. The zero-order valence-corrected chi connectivity index (χ0v) is 14.4. The van der Waals surface area contributed by atoms with Crippen molar-refractivity contribution in [2.45, 2.75) is 44.9 Å². The van der Waals surface area contributed by atoms with Crippen LogP contribution in [0.2, 0.25) is 0 Å². The van der Waals surface area contributed by atoms with Gasteiger partial charge in [0.2, 0.25) is 5.91 Å². The normalized spacial score (nSPS) is 21.4. The fourth-order valence-electron chi connectivity index (χ4n) is 4.28. The molecule has 1 aliphatic carbocycles. The maximum Gasteiger partial charge on any atom is 0.226 e. The van der Waals surface area contributed by atoms with Crippen LogP contribution in [0.15, 0.2) is 18.2 Å². The number of carbonyl (C=O) groups is 1. The van der Waals surface area contributed by atoms with E-state index in [2.05, 4.69) is 22.0 Å². The van der Waals surface area contributed by atoms with Gasteiger partial charge in [-0.3, -0.25) is 4.79 Å². The predicted octanol–water partition coefficient (Wildman–Crippen LogP) is 3.68. The Bertz CT molecular complexity index is 741. The molecule has 1 N–H and O–H groups in total. The number of amides is 1. The largest absolute Gasteiger partial charge is 0.497 e. The Morgan fingerprint density at radius 3 is 2.75 bits per heavy atom. The lowest BCUT2D eigenvalue weighted by Crippen LogP contribution is -2.38. The van der Waals surface area contributed by atoms with E-state index in [-0.39, 0.29) is 5.92 Å². The number of carbonyl (C=O) groups excluding carboxylic acids is 1. The first-order chi connectivity index (χ1) is 11.8. The highest BCUT2D eigenvalue weighted by Gasteiger charge is 2.30. The Hall–Kier alpha value is -1.97. The van der Waals surface area contributed by atoms with Gasteiger partial charge in [-0.2, -0.15) is 0 Å². The highest BCUT2D eigenvalue weighted by Crippen LogP contribution is 2.34. The smallest absolute Gasteiger partial charge is 0.226 e. The van der Waals surface area contributed by atoms with Gasteiger partial charge in [-0.1, -0.05) is 12.8 Å². The Balaban J connectivity index is 1.59. The standard InChI is InChI=1S/C20H26N2O2/c1-24-15-7-9-19-17(13-15)16-12-14(6-8-18(16)21-19)20(23)22-10-4-2-3-5-11-22/h7,9,13-14,21H,2-6,8,10-12H2,1H3. The molecule has 2 aromatic rings. The van der Waals surface area contributed by atoms with Crippen molar-refractivity contribution in [3.8, 4) is 5.75 Å². The second-order valence-electron chi connectivity index (χ2n) is 7.17. The van der Waals surface area contributed by atoms with E-state index in [1.54, 1.807) is 7.11 Å². The number of ether oxygens (including phenoxy) is 1. The van der Waals surface area contributed by atoms with Crippen molar-refractivity contribution in [3.05, 3.63) is 29.5 Å². The molecule has 0 spiro atoms. The zero-order valence-electron chi connectivity index (χ0n) is 14.4. The molecule has 1 atom stereocenters. The summed E-state index contributed by atoms with van der Waals surface area (Å²) in [5.74, 6) is 1.39. The lowest BCUT2D eigenvalue weighted by molar-refractivity contribution is -0.135. The van der Waals surface area contributed by atoms with E-state index < -0.39 is 0 Å². The summed E-state index contributed by atoms with van der Waals surface area (Å²) < 4.78 is 5.38. The number of aromatic nitrogens is 1. The fourth-order valence-corrected chi connectivity index (χ4v) is 4.28. The lowest BCUT2D eigenvalue weighted by Gasteiger charge is -2.28. The Morgan fingerprint density at radius 1 is 1.21 bits per heavy atom. The van der Waals surface area contributed by atoms with Crippen LogP contribution >= 0.6 is 0 Å². The van der Waals surface area contributed by atoms with Gasteiger partial charge in [0.25, 0.3) is 0 Å². The van der Waals surface area contributed by atoms with E-state index in [9.17, 15) is 4.79 Å².